The fourth-order valence-electron chi connectivity index (χ4n) is 8.26. The van der Waals surface area contributed by atoms with Crippen molar-refractivity contribution in [2.45, 2.75) is 296 Å². The Kier molecular flexibility index (Phi) is 47.6. The van der Waals surface area contributed by atoms with Crippen molar-refractivity contribution in [3.8, 4) is 0 Å². The van der Waals surface area contributed by atoms with Crippen LogP contribution in [0.25, 0.3) is 0 Å². The quantitative estimate of drug-likeness (QED) is 0.0322. The van der Waals surface area contributed by atoms with E-state index in [1.54, 1.807) is 0 Å². The van der Waals surface area contributed by atoms with Crippen LogP contribution in [0, 0.1) is 0 Å². The number of carbonyl (C=O) groups is 2. The van der Waals surface area contributed by atoms with E-state index in [1.807, 2.05) is 0 Å². The molecule has 0 aromatic heterocycles. The summed E-state index contributed by atoms with van der Waals surface area (Å²) < 4.78 is 5.94. The fraction of sp³-hybridized carbons (Fsp3) is 0.855. The molecule has 0 heterocycles. The summed E-state index contributed by atoms with van der Waals surface area (Å²) in [5.41, 5.74) is 0. The second-order valence-electron chi connectivity index (χ2n) is 18.3. The summed E-state index contributed by atoms with van der Waals surface area (Å²) in [5.74, 6) is -0.482. The topological polar surface area (TPSA) is 95.9 Å². The van der Waals surface area contributed by atoms with Gasteiger partial charge in [0, 0.05) is 6.42 Å². The van der Waals surface area contributed by atoms with Gasteiger partial charge in [-0.3, -0.25) is 9.59 Å². The molecule has 0 saturated carbocycles. The molecule has 3 unspecified atom stereocenters. The summed E-state index contributed by atoms with van der Waals surface area (Å²) in [7, 11) is 0. The second-order valence-corrected chi connectivity index (χ2v) is 18.3. The third-order valence-corrected chi connectivity index (χ3v) is 12.3. The standard InChI is InChI=1S/C55H103NO5/c1-4-7-10-13-16-19-22-24-25-26-27-28-30-33-36-39-42-45-48-55(60)61-51(46-43-40-37-34-32-29-23-20-17-14-11-8-5-2)49-54(59)56-52(50-57)53(58)47-44-41-38-35-31-21-18-15-12-9-6-3/h8,11,14,17,20,23,51-53,57-58H,4-7,9-10,12-13,15-16,18-19,21-22,24-50H2,1-3H3,(H,56,59)/b11-8+,17-14+,23-20+. The molecule has 0 rings (SSSR count). The van der Waals surface area contributed by atoms with Crippen molar-refractivity contribution in [1.82, 2.24) is 5.32 Å². The molecular weight excluding hydrogens is 755 g/mol. The lowest BCUT2D eigenvalue weighted by atomic mass is 10.0. The number of hydrogen-bond acceptors (Lipinski definition) is 5. The van der Waals surface area contributed by atoms with Crippen molar-refractivity contribution in [2.24, 2.45) is 0 Å². The maximum Gasteiger partial charge on any atom is 0.306 e. The van der Waals surface area contributed by atoms with Gasteiger partial charge in [-0.1, -0.05) is 256 Å². The van der Waals surface area contributed by atoms with Crippen LogP contribution >= 0.6 is 0 Å². The first-order valence-corrected chi connectivity index (χ1v) is 26.7. The summed E-state index contributed by atoms with van der Waals surface area (Å²) in [6, 6.07) is -0.705. The normalized spacial score (nSPS) is 13.5. The van der Waals surface area contributed by atoms with Crippen LogP contribution in [0.15, 0.2) is 36.5 Å². The maximum atomic E-state index is 13.2. The van der Waals surface area contributed by atoms with E-state index in [2.05, 4.69) is 62.5 Å². The van der Waals surface area contributed by atoms with Gasteiger partial charge >= 0.3 is 5.97 Å². The summed E-state index contributed by atoms with van der Waals surface area (Å²) in [5, 5.41) is 23.7. The zero-order valence-corrected chi connectivity index (χ0v) is 40.8. The van der Waals surface area contributed by atoms with Crippen molar-refractivity contribution >= 4 is 11.9 Å². The van der Waals surface area contributed by atoms with Crippen molar-refractivity contribution in [3.05, 3.63) is 36.5 Å². The molecule has 61 heavy (non-hydrogen) atoms. The molecule has 0 saturated heterocycles. The Bertz CT molecular complexity index is 1010. The predicted octanol–water partition coefficient (Wildman–Crippen LogP) is 16.1. The van der Waals surface area contributed by atoms with Crippen LogP contribution in [0.5, 0.6) is 0 Å². The molecule has 1 amide bonds. The Labute approximate surface area is 379 Å². The van der Waals surface area contributed by atoms with Gasteiger partial charge in [-0.2, -0.15) is 0 Å². The van der Waals surface area contributed by atoms with Crippen LogP contribution in [0.2, 0.25) is 0 Å². The number of nitrogens with one attached hydrogen (secondary N) is 1. The molecule has 0 aliphatic carbocycles. The van der Waals surface area contributed by atoms with Gasteiger partial charge in [-0.05, 0) is 44.9 Å². The first-order chi connectivity index (χ1) is 30.0. The minimum atomic E-state index is -0.790. The molecule has 0 aliphatic heterocycles. The van der Waals surface area contributed by atoms with Crippen LogP contribution in [-0.2, 0) is 14.3 Å². The smallest absolute Gasteiger partial charge is 0.306 e. The Balaban J connectivity index is 4.51. The minimum absolute atomic E-state index is 0.0677. The minimum Gasteiger partial charge on any atom is -0.462 e. The Morgan fingerprint density at radius 2 is 0.885 bits per heavy atom. The van der Waals surface area contributed by atoms with Crippen molar-refractivity contribution in [2.75, 3.05) is 6.61 Å². The second kappa shape index (κ2) is 49.1. The van der Waals surface area contributed by atoms with E-state index in [1.165, 1.54) is 148 Å². The number of hydrogen-bond donors (Lipinski definition) is 3. The van der Waals surface area contributed by atoms with Crippen LogP contribution in [-0.4, -0.2) is 46.9 Å². The highest BCUT2D eigenvalue weighted by Crippen LogP contribution is 2.18. The number of aliphatic hydroxyl groups is 2. The molecule has 0 spiro atoms. The number of aliphatic hydroxyl groups excluding tert-OH is 2. The van der Waals surface area contributed by atoms with Crippen LogP contribution in [0.1, 0.15) is 278 Å². The number of allylic oxidation sites excluding steroid dienone is 6. The zero-order valence-electron chi connectivity index (χ0n) is 40.8. The molecule has 6 heteroatoms. The lowest BCUT2D eigenvalue weighted by Gasteiger charge is -2.24. The van der Waals surface area contributed by atoms with Crippen LogP contribution in [0.4, 0.5) is 0 Å². The van der Waals surface area contributed by atoms with E-state index in [0.29, 0.717) is 19.3 Å². The monoisotopic (exact) mass is 858 g/mol. The van der Waals surface area contributed by atoms with E-state index in [0.717, 1.165) is 83.5 Å². The van der Waals surface area contributed by atoms with Crippen molar-refractivity contribution in [3.63, 3.8) is 0 Å². The van der Waals surface area contributed by atoms with Gasteiger partial charge in [0.1, 0.15) is 6.10 Å². The molecule has 0 bridgehead atoms. The highest BCUT2D eigenvalue weighted by Gasteiger charge is 2.24. The molecule has 0 fully saturated rings. The van der Waals surface area contributed by atoms with Crippen LogP contribution in [0.3, 0.4) is 0 Å². The van der Waals surface area contributed by atoms with Gasteiger partial charge in [0.2, 0.25) is 5.91 Å². The van der Waals surface area contributed by atoms with Crippen LogP contribution < -0.4 is 5.32 Å². The van der Waals surface area contributed by atoms with Gasteiger partial charge in [-0.25, -0.2) is 0 Å². The third kappa shape index (κ3) is 44.5. The van der Waals surface area contributed by atoms with Gasteiger partial charge in [0.05, 0.1) is 25.2 Å². The molecule has 6 nitrogen and oxygen atoms in total. The van der Waals surface area contributed by atoms with Gasteiger partial charge < -0.3 is 20.3 Å². The number of unbranched alkanes of at least 4 members (excludes halogenated alkanes) is 32. The SMILES string of the molecule is CC/C=C/C=C/C=C/CCCCCCCC(CC(=O)NC(CO)C(O)CCCCCCCCCCCCC)OC(=O)CCCCCCCCCCCCCCCCCCCC. The van der Waals surface area contributed by atoms with Gasteiger partial charge in [-0.15, -0.1) is 0 Å². The van der Waals surface area contributed by atoms with E-state index in [-0.39, 0.29) is 24.9 Å². The molecule has 358 valence electrons. The van der Waals surface area contributed by atoms with Gasteiger partial charge in [0.15, 0.2) is 0 Å². The summed E-state index contributed by atoms with van der Waals surface area (Å²) in [6.45, 7) is 6.36. The fourth-order valence-corrected chi connectivity index (χ4v) is 8.26. The summed E-state index contributed by atoms with van der Waals surface area (Å²) in [4.78, 5) is 26.2. The average molecular weight is 858 g/mol. The average Bonchev–Trinajstić information content (AvgIpc) is 3.25. The number of ether oxygens (including phenoxy) is 1. The van der Waals surface area contributed by atoms with Gasteiger partial charge in [0.25, 0.3) is 0 Å². The summed E-state index contributed by atoms with van der Waals surface area (Å²) in [6.07, 6.45) is 57.8. The van der Waals surface area contributed by atoms with E-state index < -0.39 is 18.2 Å². The maximum absolute atomic E-state index is 13.2. The highest BCUT2D eigenvalue weighted by atomic mass is 16.5. The van der Waals surface area contributed by atoms with E-state index in [9.17, 15) is 19.8 Å². The highest BCUT2D eigenvalue weighted by molar-refractivity contribution is 5.77. The first-order valence-electron chi connectivity index (χ1n) is 26.7. The molecule has 0 aromatic rings. The zero-order chi connectivity index (χ0) is 44.5. The number of esters is 1. The van der Waals surface area contributed by atoms with Crippen molar-refractivity contribution < 1.29 is 24.5 Å². The molecule has 0 aliphatic rings. The predicted molar refractivity (Wildman–Crippen MR) is 264 cm³/mol. The molecule has 0 aromatic carbocycles. The Hall–Kier alpha value is -1.92. The third-order valence-electron chi connectivity index (χ3n) is 12.3. The lowest BCUT2D eigenvalue weighted by Crippen LogP contribution is -2.46. The summed E-state index contributed by atoms with van der Waals surface area (Å²) >= 11 is 0. The molecule has 0 radical (unpaired) electrons. The Morgan fingerprint density at radius 3 is 1.33 bits per heavy atom. The van der Waals surface area contributed by atoms with E-state index >= 15 is 0 Å². The molecule has 3 N–H and O–H groups in total. The van der Waals surface area contributed by atoms with E-state index in [4.69, 9.17) is 4.74 Å². The van der Waals surface area contributed by atoms with Crippen molar-refractivity contribution in [1.29, 1.82) is 0 Å². The Morgan fingerprint density at radius 1 is 0.492 bits per heavy atom. The lowest BCUT2D eigenvalue weighted by molar-refractivity contribution is -0.151. The number of carbonyl (C=O) groups excluding carboxylic acids is 2. The number of amides is 1. The first kappa shape index (κ1) is 59.1. The molecule has 3 atom stereocenters. The largest absolute Gasteiger partial charge is 0.462 e. The number of rotatable bonds is 48. The molecular formula is C55H103NO5.